The minimum atomic E-state index is -4.70. The zero-order valence-electron chi connectivity index (χ0n) is 14.8. The van der Waals surface area contributed by atoms with E-state index in [9.17, 15) is 31.2 Å². The molecule has 4 rings (SSSR count). The molecule has 2 heterocycles. The SMILES string of the molecule is O=C1NC(=O)c2cc(S(=O)(=O)Nc3cc(C(F)(F)F)ccc3-n3cccn3)ccc21. The zero-order chi connectivity index (χ0) is 21.7. The minimum Gasteiger partial charge on any atom is -0.288 e. The molecule has 1 aromatic heterocycles. The normalized spacial score (nSPS) is 13.8. The number of amides is 2. The van der Waals surface area contributed by atoms with Crippen LogP contribution in [-0.2, 0) is 16.2 Å². The summed E-state index contributed by atoms with van der Waals surface area (Å²) in [4.78, 5) is 23.0. The highest BCUT2D eigenvalue weighted by molar-refractivity contribution is 7.92. The highest BCUT2D eigenvalue weighted by Crippen LogP contribution is 2.34. The van der Waals surface area contributed by atoms with Gasteiger partial charge in [-0.25, -0.2) is 13.1 Å². The van der Waals surface area contributed by atoms with Gasteiger partial charge in [0.25, 0.3) is 21.8 Å². The van der Waals surface area contributed by atoms with Gasteiger partial charge in [0.1, 0.15) is 0 Å². The highest BCUT2D eigenvalue weighted by atomic mass is 32.2. The number of hydrogen-bond donors (Lipinski definition) is 2. The van der Waals surface area contributed by atoms with Gasteiger partial charge in [-0.3, -0.25) is 19.6 Å². The Hall–Kier alpha value is -3.67. The van der Waals surface area contributed by atoms with Crippen LogP contribution in [0.4, 0.5) is 18.9 Å². The fraction of sp³-hybridized carbons (Fsp3) is 0.0556. The van der Waals surface area contributed by atoms with Gasteiger partial charge in [-0.05, 0) is 42.5 Å². The number of anilines is 1. The summed E-state index contributed by atoms with van der Waals surface area (Å²) in [5.41, 5.74) is -1.50. The van der Waals surface area contributed by atoms with Crippen LogP contribution in [-0.4, -0.2) is 30.0 Å². The summed E-state index contributed by atoms with van der Waals surface area (Å²) in [6, 6.07) is 7.29. The van der Waals surface area contributed by atoms with Crippen LogP contribution in [0.5, 0.6) is 0 Å². The van der Waals surface area contributed by atoms with E-state index < -0.39 is 38.5 Å². The number of aromatic nitrogens is 2. The molecule has 0 saturated carbocycles. The molecule has 12 heteroatoms. The van der Waals surface area contributed by atoms with Gasteiger partial charge < -0.3 is 0 Å². The van der Waals surface area contributed by atoms with E-state index in [0.29, 0.717) is 6.07 Å². The molecule has 1 aliphatic rings. The van der Waals surface area contributed by atoms with Crippen molar-refractivity contribution in [1.29, 1.82) is 0 Å². The molecule has 0 spiro atoms. The van der Waals surface area contributed by atoms with Crippen LogP contribution in [0.2, 0.25) is 0 Å². The molecule has 30 heavy (non-hydrogen) atoms. The van der Waals surface area contributed by atoms with E-state index >= 15 is 0 Å². The average molecular weight is 436 g/mol. The summed E-state index contributed by atoms with van der Waals surface area (Å²) >= 11 is 0. The molecule has 0 unspecified atom stereocenters. The number of carbonyl (C=O) groups excluding carboxylic acids is 2. The molecule has 3 aromatic rings. The largest absolute Gasteiger partial charge is 0.416 e. The molecule has 2 N–H and O–H groups in total. The second kappa shape index (κ2) is 6.69. The summed E-state index contributed by atoms with van der Waals surface area (Å²) in [5.74, 6) is -1.42. The maximum atomic E-state index is 13.2. The molecular weight excluding hydrogens is 425 g/mol. The molecule has 8 nitrogen and oxygen atoms in total. The molecule has 2 aromatic carbocycles. The van der Waals surface area contributed by atoms with Crippen molar-refractivity contribution in [3.63, 3.8) is 0 Å². The number of nitrogens with zero attached hydrogens (tertiary/aromatic N) is 2. The summed E-state index contributed by atoms with van der Waals surface area (Å²) in [6.07, 6.45) is -1.88. The Morgan fingerprint density at radius 2 is 1.73 bits per heavy atom. The standard InChI is InChI=1S/C18H11F3N4O4S/c19-18(20,21)10-2-5-15(25-7-1-6-22-25)14(8-10)24-30(28,29)11-3-4-12-13(9-11)17(27)23-16(12)26/h1-9,24H,(H,23,26,27). The molecule has 1 aliphatic heterocycles. The van der Waals surface area contributed by atoms with E-state index in [-0.39, 0.29) is 22.5 Å². The summed E-state index contributed by atoms with van der Waals surface area (Å²) in [6.45, 7) is 0. The average Bonchev–Trinajstić information content (AvgIpc) is 3.29. The van der Waals surface area contributed by atoms with Crippen LogP contribution in [0.3, 0.4) is 0 Å². The summed E-state index contributed by atoms with van der Waals surface area (Å²) < 4.78 is 68.4. The van der Waals surface area contributed by atoms with E-state index in [0.717, 1.165) is 30.3 Å². The second-order valence-corrected chi connectivity index (χ2v) is 7.96. The van der Waals surface area contributed by atoms with Gasteiger partial charge in [0.2, 0.25) is 0 Å². The monoisotopic (exact) mass is 436 g/mol. The number of nitrogens with one attached hydrogen (secondary N) is 2. The van der Waals surface area contributed by atoms with Crippen LogP contribution < -0.4 is 10.0 Å². The van der Waals surface area contributed by atoms with E-state index in [1.807, 2.05) is 5.32 Å². The third kappa shape index (κ3) is 3.41. The van der Waals surface area contributed by atoms with E-state index in [1.165, 1.54) is 23.1 Å². The van der Waals surface area contributed by atoms with Crippen molar-refractivity contribution < 1.29 is 31.2 Å². The third-order valence-corrected chi connectivity index (χ3v) is 5.70. The maximum Gasteiger partial charge on any atom is 0.416 e. The van der Waals surface area contributed by atoms with Crippen LogP contribution >= 0.6 is 0 Å². The Bertz CT molecular complexity index is 1290. The number of sulfonamides is 1. The first-order valence-electron chi connectivity index (χ1n) is 8.30. The van der Waals surface area contributed by atoms with Gasteiger partial charge in [-0.1, -0.05) is 0 Å². The Morgan fingerprint density at radius 1 is 1.00 bits per heavy atom. The molecule has 0 bridgehead atoms. The number of carbonyl (C=O) groups is 2. The molecule has 0 radical (unpaired) electrons. The molecular formula is C18H11F3N4O4S. The third-order valence-electron chi connectivity index (χ3n) is 4.34. The molecule has 0 saturated heterocycles. The first-order chi connectivity index (χ1) is 14.1. The van der Waals surface area contributed by atoms with Gasteiger partial charge in [0, 0.05) is 12.4 Å². The maximum absolute atomic E-state index is 13.2. The van der Waals surface area contributed by atoms with Crippen LogP contribution in [0.25, 0.3) is 5.69 Å². The highest BCUT2D eigenvalue weighted by Gasteiger charge is 2.32. The van der Waals surface area contributed by atoms with Gasteiger partial charge in [0.05, 0.1) is 33.0 Å². The van der Waals surface area contributed by atoms with Crippen molar-refractivity contribution >= 4 is 27.5 Å². The lowest BCUT2D eigenvalue weighted by Crippen LogP contribution is -2.20. The predicted octanol–water partition coefficient (Wildman–Crippen LogP) is 2.58. The van der Waals surface area contributed by atoms with Crippen molar-refractivity contribution in [1.82, 2.24) is 15.1 Å². The Labute approximate surface area is 167 Å². The van der Waals surface area contributed by atoms with Crippen LogP contribution in [0, 0.1) is 0 Å². The lowest BCUT2D eigenvalue weighted by molar-refractivity contribution is -0.137. The number of rotatable bonds is 4. The van der Waals surface area contributed by atoms with Crippen molar-refractivity contribution in [2.24, 2.45) is 0 Å². The zero-order valence-corrected chi connectivity index (χ0v) is 15.6. The number of halogens is 3. The fourth-order valence-electron chi connectivity index (χ4n) is 2.92. The molecule has 0 atom stereocenters. The van der Waals surface area contributed by atoms with E-state index in [1.54, 1.807) is 0 Å². The second-order valence-electron chi connectivity index (χ2n) is 6.28. The van der Waals surface area contributed by atoms with Gasteiger partial charge in [-0.2, -0.15) is 18.3 Å². The number of benzene rings is 2. The number of alkyl halides is 3. The predicted molar refractivity (Wildman–Crippen MR) is 97.6 cm³/mol. The Kier molecular flexibility index (Phi) is 4.38. The molecule has 0 fully saturated rings. The Morgan fingerprint density at radius 3 is 2.40 bits per heavy atom. The summed E-state index contributed by atoms with van der Waals surface area (Å²) in [5, 5.41) is 5.95. The topological polar surface area (TPSA) is 110 Å². The van der Waals surface area contributed by atoms with Crippen molar-refractivity contribution in [3.8, 4) is 5.69 Å². The number of hydrogen-bond acceptors (Lipinski definition) is 5. The molecule has 0 aliphatic carbocycles. The fourth-order valence-corrected chi connectivity index (χ4v) is 4.01. The van der Waals surface area contributed by atoms with Crippen LogP contribution in [0.1, 0.15) is 26.3 Å². The number of fused-ring (bicyclic) bond motifs is 1. The first-order valence-corrected chi connectivity index (χ1v) is 9.78. The van der Waals surface area contributed by atoms with Gasteiger partial charge in [0.15, 0.2) is 0 Å². The molecule has 2 amide bonds. The van der Waals surface area contributed by atoms with Crippen molar-refractivity contribution in [3.05, 3.63) is 71.5 Å². The van der Waals surface area contributed by atoms with Gasteiger partial charge >= 0.3 is 6.18 Å². The molecule has 154 valence electrons. The van der Waals surface area contributed by atoms with Crippen LogP contribution in [0.15, 0.2) is 59.8 Å². The minimum absolute atomic E-state index is 0.00949. The van der Waals surface area contributed by atoms with Crippen molar-refractivity contribution in [2.45, 2.75) is 11.1 Å². The van der Waals surface area contributed by atoms with Crippen molar-refractivity contribution in [2.75, 3.05) is 4.72 Å². The lowest BCUT2D eigenvalue weighted by atomic mass is 10.1. The number of imide groups is 1. The van der Waals surface area contributed by atoms with Gasteiger partial charge in [-0.15, -0.1) is 0 Å². The van der Waals surface area contributed by atoms with E-state index in [2.05, 4.69) is 9.82 Å². The summed E-state index contributed by atoms with van der Waals surface area (Å²) in [7, 11) is -4.40. The van der Waals surface area contributed by atoms with E-state index in [4.69, 9.17) is 0 Å². The first kappa shape index (κ1) is 19.6. The smallest absolute Gasteiger partial charge is 0.288 e. The quantitative estimate of drug-likeness (QED) is 0.611. The Balaban J connectivity index is 1.79. The lowest BCUT2D eigenvalue weighted by Gasteiger charge is -2.16.